The Bertz CT molecular complexity index is 386. The van der Waals surface area contributed by atoms with Gasteiger partial charge in [0.05, 0.1) is 5.57 Å². The molecule has 22 heavy (non-hydrogen) atoms. The molecular weight excluding hydrogens is 282 g/mol. The summed E-state index contributed by atoms with van der Waals surface area (Å²) in [6.07, 6.45) is 7.31. The van der Waals surface area contributed by atoms with E-state index < -0.39 is 5.97 Å². The number of hydrogen-bond acceptors (Lipinski definition) is 3. The lowest BCUT2D eigenvalue weighted by Gasteiger charge is -2.07. The van der Waals surface area contributed by atoms with E-state index in [1.54, 1.807) is 0 Å². The minimum absolute atomic E-state index is 0.112. The van der Waals surface area contributed by atoms with Crippen LogP contribution in [0.1, 0.15) is 52.4 Å². The van der Waals surface area contributed by atoms with Gasteiger partial charge in [-0.05, 0) is 18.9 Å². The first kappa shape index (κ1) is 22.2. The third kappa shape index (κ3) is 13.0. The maximum atomic E-state index is 11.7. The maximum absolute atomic E-state index is 11.7. The van der Waals surface area contributed by atoms with Crippen LogP contribution in [0, 0.1) is 0 Å². The molecule has 126 valence electrons. The summed E-state index contributed by atoms with van der Waals surface area (Å²) in [5, 5.41) is 20.4. The van der Waals surface area contributed by atoms with Gasteiger partial charge in [0, 0.05) is 13.0 Å². The van der Waals surface area contributed by atoms with Crippen molar-refractivity contribution in [2.45, 2.75) is 52.4 Å². The first-order valence-corrected chi connectivity index (χ1v) is 7.70. The van der Waals surface area contributed by atoms with Crippen LogP contribution in [0.15, 0.2) is 36.6 Å². The lowest BCUT2D eigenvalue weighted by atomic mass is 10.1. The van der Waals surface area contributed by atoms with Gasteiger partial charge in [-0.2, -0.15) is 0 Å². The second kappa shape index (κ2) is 15.4. The van der Waals surface area contributed by atoms with E-state index in [-0.39, 0.29) is 23.7 Å². The molecule has 0 heterocycles. The summed E-state index contributed by atoms with van der Waals surface area (Å²) in [5.41, 5.74) is 0.112. The Labute approximate surface area is 133 Å². The van der Waals surface area contributed by atoms with Crippen molar-refractivity contribution in [3.8, 4) is 0 Å². The molecule has 0 aromatic heterocycles. The summed E-state index contributed by atoms with van der Waals surface area (Å²) in [6, 6.07) is 0. The van der Waals surface area contributed by atoms with Crippen LogP contribution in [0.5, 0.6) is 0 Å². The van der Waals surface area contributed by atoms with Crippen molar-refractivity contribution < 1.29 is 19.8 Å². The molecule has 0 unspecified atom stereocenters. The van der Waals surface area contributed by atoms with Gasteiger partial charge in [0.1, 0.15) is 5.76 Å². The average Bonchev–Trinajstić information content (AvgIpc) is 2.48. The minimum Gasteiger partial charge on any atom is -0.508 e. The number of carboxylic acid groups (broad SMARTS) is 1. The van der Waals surface area contributed by atoms with Crippen molar-refractivity contribution in [2.75, 3.05) is 6.54 Å². The van der Waals surface area contributed by atoms with Gasteiger partial charge >= 0.3 is 5.97 Å². The molecule has 0 aliphatic rings. The monoisotopic (exact) mass is 311 g/mol. The molecule has 5 nitrogen and oxygen atoms in total. The molecule has 0 aromatic rings. The minimum atomic E-state index is -0.761. The number of rotatable bonds is 11. The molecule has 0 radical (unpaired) electrons. The average molecular weight is 311 g/mol. The summed E-state index contributed by atoms with van der Waals surface area (Å²) < 4.78 is 0. The van der Waals surface area contributed by atoms with Crippen LogP contribution in [0.2, 0.25) is 0 Å². The smallest absolute Gasteiger partial charge is 0.303 e. The van der Waals surface area contributed by atoms with E-state index in [2.05, 4.69) is 18.5 Å². The second-order valence-corrected chi connectivity index (χ2v) is 4.43. The fourth-order valence-electron chi connectivity index (χ4n) is 1.65. The first-order valence-electron chi connectivity index (χ1n) is 7.70. The molecule has 0 saturated heterocycles. The van der Waals surface area contributed by atoms with Crippen molar-refractivity contribution in [1.82, 2.24) is 5.32 Å². The SMILES string of the molecule is C=C/C=C(\C(=C)O)C(=O)NCCCCCCCC(=O)O.CC. The third-order valence-corrected chi connectivity index (χ3v) is 2.69. The Hall–Kier alpha value is -2.04. The fourth-order valence-corrected chi connectivity index (χ4v) is 1.65. The topological polar surface area (TPSA) is 86.6 Å². The van der Waals surface area contributed by atoms with Crippen molar-refractivity contribution >= 4 is 11.9 Å². The molecule has 0 fully saturated rings. The summed E-state index contributed by atoms with van der Waals surface area (Å²) in [5.74, 6) is -1.41. The Morgan fingerprint density at radius 1 is 1.05 bits per heavy atom. The van der Waals surface area contributed by atoms with Crippen molar-refractivity contribution in [3.63, 3.8) is 0 Å². The largest absolute Gasteiger partial charge is 0.508 e. The van der Waals surface area contributed by atoms with Crippen LogP contribution >= 0.6 is 0 Å². The van der Waals surface area contributed by atoms with E-state index in [1.807, 2.05) is 13.8 Å². The predicted octanol–water partition coefficient (Wildman–Crippen LogP) is 3.74. The Kier molecular flexibility index (Phi) is 15.5. The van der Waals surface area contributed by atoms with Crippen LogP contribution in [-0.2, 0) is 9.59 Å². The zero-order chi connectivity index (χ0) is 17.4. The lowest BCUT2D eigenvalue weighted by molar-refractivity contribution is -0.137. The van der Waals surface area contributed by atoms with Crippen LogP contribution in [-0.4, -0.2) is 28.6 Å². The van der Waals surface area contributed by atoms with Crippen molar-refractivity contribution in [2.24, 2.45) is 0 Å². The molecule has 0 saturated carbocycles. The number of aliphatic carboxylic acids is 1. The zero-order valence-electron chi connectivity index (χ0n) is 13.7. The lowest BCUT2D eigenvalue weighted by Crippen LogP contribution is -2.26. The van der Waals surface area contributed by atoms with Crippen LogP contribution in [0.3, 0.4) is 0 Å². The Morgan fingerprint density at radius 3 is 2.09 bits per heavy atom. The number of carbonyl (C=O) groups is 2. The first-order chi connectivity index (χ1) is 10.5. The quantitative estimate of drug-likeness (QED) is 0.235. The molecule has 0 rings (SSSR count). The number of aliphatic hydroxyl groups is 1. The van der Waals surface area contributed by atoms with E-state index in [1.165, 1.54) is 12.2 Å². The van der Waals surface area contributed by atoms with E-state index in [0.717, 1.165) is 25.7 Å². The van der Waals surface area contributed by atoms with Crippen molar-refractivity contribution in [1.29, 1.82) is 0 Å². The third-order valence-electron chi connectivity index (χ3n) is 2.69. The normalized spacial score (nSPS) is 10.2. The zero-order valence-corrected chi connectivity index (χ0v) is 13.7. The Balaban J connectivity index is 0. The number of carboxylic acids is 1. The molecule has 3 N–H and O–H groups in total. The standard InChI is InChI=1S/C15H23NO4.C2H6/c1-3-9-13(12(2)17)15(20)16-11-8-6-4-5-7-10-14(18)19;1-2/h3,9,17H,1-2,4-8,10-11H2,(H,16,20)(H,18,19);1-2H3/b13-9+;. The Morgan fingerprint density at radius 2 is 1.59 bits per heavy atom. The second-order valence-electron chi connectivity index (χ2n) is 4.43. The molecule has 5 heteroatoms. The number of hydrogen-bond donors (Lipinski definition) is 3. The van der Waals surface area contributed by atoms with Gasteiger partial charge < -0.3 is 15.5 Å². The van der Waals surface area contributed by atoms with Gasteiger partial charge in [-0.25, -0.2) is 0 Å². The highest BCUT2D eigenvalue weighted by molar-refractivity contribution is 5.97. The summed E-state index contributed by atoms with van der Waals surface area (Å²) in [6.45, 7) is 11.3. The summed E-state index contributed by atoms with van der Waals surface area (Å²) >= 11 is 0. The van der Waals surface area contributed by atoms with E-state index >= 15 is 0 Å². The molecule has 0 aromatic carbocycles. The van der Waals surface area contributed by atoms with Gasteiger partial charge in [0.15, 0.2) is 0 Å². The molecule has 1 amide bonds. The number of unbranched alkanes of at least 4 members (excludes halogenated alkanes) is 4. The van der Waals surface area contributed by atoms with Crippen molar-refractivity contribution in [3.05, 3.63) is 36.6 Å². The van der Waals surface area contributed by atoms with Gasteiger partial charge in [-0.1, -0.05) is 52.3 Å². The number of nitrogens with one attached hydrogen (secondary N) is 1. The number of aliphatic hydroxyl groups excluding tert-OH is 1. The maximum Gasteiger partial charge on any atom is 0.303 e. The van der Waals surface area contributed by atoms with Crippen LogP contribution in [0.4, 0.5) is 0 Å². The highest BCUT2D eigenvalue weighted by atomic mass is 16.4. The summed E-state index contributed by atoms with van der Waals surface area (Å²) in [7, 11) is 0. The highest BCUT2D eigenvalue weighted by Gasteiger charge is 2.10. The van der Waals surface area contributed by atoms with Crippen LogP contribution < -0.4 is 5.32 Å². The van der Waals surface area contributed by atoms with E-state index in [4.69, 9.17) is 5.11 Å². The van der Waals surface area contributed by atoms with E-state index in [9.17, 15) is 14.7 Å². The number of amides is 1. The van der Waals surface area contributed by atoms with Gasteiger partial charge in [0.25, 0.3) is 5.91 Å². The molecule has 0 aliphatic carbocycles. The van der Waals surface area contributed by atoms with Gasteiger partial charge in [-0.3, -0.25) is 9.59 Å². The van der Waals surface area contributed by atoms with Crippen LogP contribution in [0.25, 0.3) is 0 Å². The molecule has 0 atom stereocenters. The number of carbonyl (C=O) groups excluding carboxylic acids is 1. The molecular formula is C17H29NO4. The van der Waals surface area contributed by atoms with E-state index in [0.29, 0.717) is 13.0 Å². The highest BCUT2D eigenvalue weighted by Crippen LogP contribution is 2.06. The van der Waals surface area contributed by atoms with Gasteiger partial charge in [-0.15, -0.1) is 0 Å². The predicted molar refractivity (Wildman–Crippen MR) is 89.7 cm³/mol. The van der Waals surface area contributed by atoms with Gasteiger partial charge in [0.2, 0.25) is 0 Å². The molecule has 0 spiro atoms. The summed E-state index contributed by atoms with van der Waals surface area (Å²) in [4.78, 5) is 22.0. The number of allylic oxidation sites excluding steroid dienone is 2. The molecule has 0 bridgehead atoms. The molecule has 0 aliphatic heterocycles. The fraction of sp³-hybridized carbons (Fsp3) is 0.529.